The van der Waals surface area contributed by atoms with Gasteiger partial charge in [-0.25, -0.2) is 0 Å². The van der Waals surface area contributed by atoms with E-state index in [1.807, 2.05) is 74.5 Å². The van der Waals surface area contributed by atoms with Crippen LogP contribution in [-0.4, -0.2) is 21.7 Å². The van der Waals surface area contributed by atoms with Crippen LogP contribution in [0.1, 0.15) is 25.2 Å². The van der Waals surface area contributed by atoms with E-state index in [-0.39, 0.29) is 13.1 Å². The summed E-state index contributed by atoms with van der Waals surface area (Å²) < 4.78 is 0. The molecule has 0 unspecified atom stereocenters. The summed E-state index contributed by atoms with van der Waals surface area (Å²) in [5, 5.41) is 4.70. The van der Waals surface area contributed by atoms with Crippen LogP contribution in [0.25, 0.3) is 0 Å². The molecule has 10 heteroatoms. The quantitative estimate of drug-likeness (QED) is 0.182. The molecule has 0 atom stereocenters. The van der Waals surface area contributed by atoms with Crippen LogP contribution in [0.4, 0.5) is 22.7 Å². The predicted molar refractivity (Wildman–Crippen MR) is 137 cm³/mol. The van der Waals surface area contributed by atoms with Crippen molar-refractivity contribution in [1.82, 2.24) is 4.98 Å². The van der Waals surface area contributed by atoms with Crippen molar-refractivity contribution in [3.8, 4) is 0 Å². The first-order valence-corrected chi connectivity index (χ1v) is 12.8. The van der Waals surface area contributed by atoms with Gasteiger partial charge in [0.1, 0.15) is 0 Å². The van der Waals surface area contributed by atoms with Gasteiger partial charge in [0.05, 0.1) is 33.1 Å². The average Bonchev–Trinajstić information content (AvgIpc) is 3.28. The Morgan fingerprint density at radius 2 is 1.00 bits per heavy atom. The van der Waals surface area contributed by atoms with Crippen LogP contribution in [-0.2, 0) is 13.1 Å². The van der Waals surface area contributed by atoms with Gasteiger partial charge in [0.25, 0.3) is 0 Å². The van der Waals surface area contributed by atoms with Gasteiger partial charge in [0, 0.05) is 11.4 Å². The van der Waals surface area contributed by atoms with Gasteiger partial charge in [-0.1, -0.05) is 12.1 Å². The van der Waals surface area contributed by atoms with E-state index in [1.54, 1.807) is 0 Å². The van der Waals surface area contributed by atoms with Crippen molar-refractivity contribution in [3.05, 3.63) is 72.1 Å². The van der Waals surface area contributed by atoms with Crippen LogP contribution < -0.4 is 4.98 Å². The molecule has 32 heavy (non-hydrogen) atoms. The Morgan fingerprint density at radius 1 is 0.688 bits per heavy atom. The van der Waals surface area contributed by atoms with Crippen LogP contribution >= 0.6 is 44.6 Å². The molecule has 1 aromatic heterocycles. The van der Waals surface area contributed by atoms with E-state index in [0.29, 0.717) is 0 Å². The molecule has 0 saturated heterocycles. The van der Waals surface area contributed by atoms with E-state index in [9.17, 15) is 0 Å². The summed E-state index contributed by atoms with van der Waals surface area (Å²) in [5.41, 5.74) is 6.38. The van der Waals surface area contributed by atoms with E-state index < -0.39 is 0 Å². The van der Waals surface area contributed by atoms with Crippen LogP contribution in [0.3, 0.4) is 0 Å². The van der Waals surface area contributed by atoms with Gasteiger partial charge in [-0.2, -0.15) is 9.98 Å². The van der Waals surface area contributed by atoms with Gasteiger partial charge >= 0.3 is 33.3 Å². The summed E-state index contributed by atoms with van der Waals surface area (Å²) in [6, 6.07) is 18.8. The molecule has 0 bridgehead atoms. The number of hydrogen-bond acceptors (Lipinski definition) is 6. The topological polar surface area (TPSA) is 63.5 Å². The van der Waals surface area contributed by atoms with E-state index in [1.165, 1.54) is 0 Å². The fourth-order valence-corrected chi connectivity index (χ4v) is 2.79. The van der Waals surface area contributed by atoms with Crippen molar-refractivity contribution >= 4 is 89.1 Å². The molecule has 0 aliphatic carbocycles. The van der Waals surface area contributed by atoms with Gasteiger partial charge in [-0.05, 0) is 86.8 Å². The van der Waals surface area contributed by atoms with Crippen molar-refractivity contribution in [2.45, 2.75) is 13.8 Å². The second-order valence-electron chi connectivity index (χ2n) is 6.10. The number of halogens is 2. The van der Waals surface area contributed by atoms with Crippen molar-refractivity contribution < 1.29 is 13.1 Å². The summed E-state index contributed by atoms with van der Waals surface area (Å²) >= 11 is 9.41. The van der Waals surface area contributed by atoms with Crippen LogP contribution in [0.2, 0.25) is 0 Å². The molecular weight excluding hydrogens is 525 g/mol. The summed E-state index contributed by atoms with van der Waals surface area (Å²) in [7, 11) is 9.53. The van der Waals surface area contributed by atoms with E-state index in [4.69, 9.17) is 20.2 Å². The van der Waals surface area contributed by atoms with Crippen LogP contribution in [0.15, 0.2) is 80.6 Å². The molecule has 2 aromatic carbocycles. The molecule has 0 spiro atoms. The zero-order valence-corrected chi connectivity index (χ0v) is 21.2. The number of isothiocyanates is 2. The first-order chi connectivity index (χ1) is 15.5. The normalized spacial score (nSPS) is 11.0. The Kier molecular flexibility index (Phi) is 11.4. The third-order valence-corrected chi connectivity index (χ3v) is 4.21. The Labute approximate surface area is 212 Å². The Balaban J connectivity index is 0.00000114. The molecule has 0 aliphatic heterocycles. The molecular formula is C22H16Cl2FeN5S2. The predicted octanol–water partition coefficient (Wildman–Crippen LogP) is 7.77. The monoisotopic (exact) mass is 540 g/mol. The summed E-state index contributed by atoms with van der Waals surface area (Å²) in [6.07, 6.45) is 0. The molecule has 0 amide bonds. The molecule has 0 radical (unpaired) electrons. The summed E-state index contributed by atoms with van der Waals surface area (Å²) in [4.78, 5) is 21.7. The average molecular weight is 541 g/mol. The maximum atomic E-state index is 4.76. The third-order valence-electron chi connectivity index (χ3n) is 4.02. The standard InChI is InChI=1S/C22H16N5S2.2ClH.Fe/c1-15(25-19-7-3-17(4-8-19)23-13-28)21-11-12-22(27-21)16(2)26-20-9-5-18(6-10-20)24-14-29;;;/h3-12H,1-2H3;2*1H;/q-1;;;+3/p-2. The van der Waals surface area contributed by atoms with Gasteiger partial charge < -0.3 is 4.98 Å². The Morgan fingerprint density at radius 3 is 1.31 bits per heavy atom. The van der Waals surface area contributed by atoms with E-state index in [0.717, 1.165) is 45.6 Å². The first-order valence-electron chi connectivity index (χ1n) is 8.96. The number of thiocarbonyl (C=S) groups is 2. The Hall–Kier alpha value is -2.24. The van der Waals surface area contributed by atoms with Crippen molar-refractivity contribution in [1.29, 1.82) is 0 Å². The summed E-state index contributed by atoms with van der Waals surface area (Å²) in [6.45, 7) is 3.86. The number of aromatic nitrogens is 1. The fourth-order valence-electron chi connectivity index (χ4n) is 2.58. The Bertz CT molecular complexity index is 1100. The van der Waals surface area contributed by atoms with Crippen molar-refractivity contribution in [2.24, 2.45) is 20.0 Å². The van der Waals surface area contributed by atoms with E-state index in [2.05, 4.69) is 59.7 Å². The van der Waals surface area contributed by atoms with Gasteiger partial charge in [0.2, 0.25) is 0 Å². The number of aliphatic imine (C=N–C) groups is 4. The zero-order valence-electron chi connectivity index (χ0n) is 16.9. The number of nitrogens with zero attached hydrogens (tertiary/aromatic N) is 5. The van der Waals surface area contributed by atoms with Gasteiger partial charge in [-0.15, -0.1) is 11.4 Å². The molecule has 0 aliphatic rings. The van der Waals surface area contributed by atoms with Crippen molar-refractivity contribution in [3.63, 3.8) is 0 Å². The zero-order chi connectivity index (χ0) is 23.3. The minimum atomic E-state index is 0.194. The van der Waals surface area contributed by atoms with Gasteiger partial charge in [-0.3, -0.25) is 9.98 Å². The molecule has 0 N–H and O–H groups in total. The maximum absolute atomic E-state index is 4.76. The number of rotatable bonds is 6. The molecule has 0 saturated carbocycles. The molecule has 5 nitrogen and oxygen atoms in total. The van der Waals surface area contributed by atoms with Crippen molar-refractivity contribution in [2.75, 3.05) is 0 Å². The fraction of sp³-hybridized carbons (Fsp3) is 0.0909. The number of hydrogen-bond donors (Lipinski definition) is 0. The molecule has 0 fully saturated rings. The summed E-state index contributed by atoms with van der Waals surface area (Å²) in [5.74, 6) is 0. The molecule has 163 valence electrons. The van der Waals surface area contributed by atoms with Gasteiger partial charge in [0.15, 0.2) is 0 Å². The van der Waals surface area contributed by atoms with Crippen LogP contribution in [0.5, 0.6) is 0 Å². The SMILES string of the molecule is CC(=Nc1ccc(N=C=S)cc1)c1ccc(C(C)=Nc2ccc(N=C=S)cc2)[n-]1.[Cl][Fe+][Cl]. The molecule has 3 aromatic rings. The molecule has 1 heterocycles. The second-order valence-corrected chi connectivity index (χ2v) is 8.29. The van der Waals surface area contributed by atoms with Crippen LogP contribution in [0, 0.1) is 0 Å². The second kappa shape index (κ2) is 14.0. The first kappa shape index (κ1) is 26.0. The minimum absolute atomic E-state index is 0.194. The molecule has 3 rings (SSSR count). The number of benzene rings is 2. The van der Waals surface area contributed by atoms with E-state index >= 15 is 0 Å². The third kappa shape index (κ3) is 8.36.